The number of carbonyl (C=O) groups is 1. The Morgan fingerprint density at radius 3 is 2.75 bits per heavy atom. The predicted molar refractivity (Wildman–Crippen MR) is 126 cm³/mol. The van der Waals surface area contributed by atoms with Gasteiger partial charge in [0.15, 0.2) is 0 Å². The standard InChI is InChI=1S/C18H24N2O2.C6H4BrNO2/c1-19-10-13-7-16-18(22-3,8-12(11-21)9-20(16)2)14-5-4-6-15(19)17(13)14;7-5-1-4(6(9)10)2-8-3-5/h4-6,10,12,16,21H,7-9,11H2,1-3H3;1-3H,(H,9,10)/t12-,16-,18+;/m1./s1. The molecule has 2 N–H and O–H groups in total. The number of aliphatic hydroxyl groups excluding tert-OH is 1. The van der Waals surface area contributed by atoms with E-state index < -0.39 is 5.97 Å². The molecule has 3 atom stereocenters. The summed E-state index contributed by atoms with van der Waals surface area (Å²) in [6.45, 7) is 1.16. The molecule has 0 radical (unpaired) electrons. The summed E-state index contributed by atoms with van der Waals surface area (Å²) < 4.78 is 9.07. The summed E-state index contributed by atoms with van der Waals surface area (Å²) in [5.41, 5.74) is 3.86. The number of rotatable bonds is 3. The summed E-state index contributed by atoms with van der Waals surface area (Å²) in [6.07, 6.45) is 7.00. The molecule has 2 aliphatic rings. The number of pyridine rings is 1. The Bertz CT molecular complexity index is 1150. The van der Waals surface area contributed by atoms with Gasteiger partial charge in [-0.05, 0) is 65.0 Å². The number of halogens is 1. The highest BCUT2D eigenvalue weighted by Gasteiger charge is 2.51. The second kappa shape index (κ2) is 8.94. The molecule has 7 nitrogen and oxygen atoms in total. The number of aromatic carboxylic acids is 1. The molecule has 1 fully saturated rings. The van der Waals surface area contributed by atoms with E-state index in [0.717, 1.165) is 19.4 Å². The predicted octanol–water partition coefficient (Wildman–Crippen LogP) is 3.43. The van der Waals surface area contributed by atoms with Gasteiger partial charge in [0.2, 0.25) is 0 Å². The summed E-state index contributed by atoms with van der Waals surface area (Å²) in [6, 6.07) is 8.36. The van der Waals surface area contributed by atoms with Gasteiger partial charge in [-0.1, -0.05) is 12.1 Å². The number of likely N-dealkylation sites (N-methyl/N-ethyl adjacent to an activating group) is 1. The van der Waals surface area contributed by atoms with E-state index in [1.165, 1.54) is 40.5 Å². The first kappa shape index (κ1) is 22.9. The van der Waals surface area contributed by atoms with Crippen LogP contribution in [0, 0.1) is 5.92 Å². The fourth-order valence-corrected chi connectivity index (χ4v) is 5.73. The first-order valence-corrected chi connectivity index (χ1v) is 11.4. The third-order valence-electron chi connectivity index (χ3n) is 6.74. The van der Waals surface area contributed by atoms with Crippen molar-refractivity contribution in [1.29, 1.82) is 0 Å². The van der Waals surface area contributed by atoms with E-state index in [4.69, 9.17) is 9.84 Å². The Balaban J connectivity index is 0.000000207. The van der Waals surface area contributed by atoms with Crippen LogP contribution in [0.1, 0.15) is 27.9 Å². The van der Waals surface area contributed by atoms with Crippen LogP contribution in [0.3, 0.4) is 0 Å². The summed E-state index contributed by atoms with van der Waals surface area (Å²) >= 11 is 3.10. The Kier molecular flexibility index (Phi) is 6.40. The van der Waals surface area contributed by atoms with E-state index in [9.17, 15) is 9.90 Å². The Morgan fingerprint density at radius 2 is 2.12 bits per heavy atom. The molecular weight excluding hydrogens is 474 g/mol. The van der Waals surface area contributed by atoms with E-state index in [0.29, 0.717) is 10.5 Å². The number of hydrogen-bond acceptors (Lipinski definition) is 5. The average molecular weight is 502 g/mol. The minimum atomic E-state index is -0.964. The fourth-order valence-electron chi connectivity index (χ4n) is 5.37. The van der Waals surface area contributed by atoms with Crippen molar-refractivity contribution >= 4 is 32.8 Å². The van der Waals surface area contributed by atoms with Crippen LogP contribution in [0.25, 0.3) is 10.9 Å². The Labute approximate surface area is 195 Å². The maximum Gasteiger partial charge on any atom is 0.337 e. The number of nitrogens with zero attached hydrogens (tertiary/aromatic N) is 3. The van der Waals surface area contributed by atoms with Gasteiger partial charge in [0, 0.05) is 67.3 Å². The second-order valence-electron chi connectivity index (χ2n) is 8.67. The molecule has 3 heterocycles. The van der Waals surface area contributed by atoms with Crippen LogP contribution in [-0.2, 0) is 23.8 Å². The van der Waals surface area contributed by atoms with Crippen LogP contribution in [-0.4, -0.2) is 64.0 Å². The second-order valence-corrected chi connectivity index (χ2v) is 9.58. The third-order valence-corrected chi connectivity index (χ3v) is 7.18. The molecule has 1 aromatic carbocycles. The lowest BCUT2D eigenvalue weighted by molar-refractivity contribution is -0.130. The molecule has 0 amide bonds. The smallest absolute Gasteiger partial charge is 0.337 e. The zero-order chi connectivity index (χ0) is 23.0. The molecule has 170 valence electrons. The zero-order valence-corrected chi connectivity index (χ0v) is 20.0. The van der Waals surface area contributed by atoms with Gasteiger partial charge in [-0.3, -0.25) is 9.88 Å². The molecule has 0 saturated carbocycles. The molecule has 1 aliphatic heterocycles. The van der Waals surface area contributed by atoms with Crippen molar-refractivity contribution in [2.24, 2.45) is 13.0 Å². The van der Waals surface area contributed by atoms with Gasteiger partial charge < -0.3 is 19.5 Å². The Morgan fingerprint density at radius 1 is 1.34 bits per heavy atom. The number of likely N-dealkylation sites (tertiary alicyclic amines) is 1. The number of carboxylic acid groups (broad SMARTS) is 1. The van der Waals surface area contributed by atoms with Gasteiger partial charge in [-0.2, -0.15) is 0 Å². The topological polar surface area (TPSA) is 87.8 Å². The van der Waals surface area contributed by atoms with Crippen molar-refractivity contribution in [3.8, 4) is 0 Å². The number of aromatic nitrogens is 2. The number of methoxy groups -OCH3 is 1. The molecule has 0 spiro atoms. The minimum absolute atomic E-state index is 0.189. The number of benzene rings is 1. The van der Waals surface area contributed by atoms with Crippen LogP contribution in [0.4, 0.5) is 0 Å². The van der Waals surface area contributed by atoms with Crippen LogP contribution in [0.2, 0.25) is 0 Å². The van der Waals surface area contributed by atoms with Crippen molar-refractivity contribution in [3.05, 3.63) is 64.0 Å². The first-order chi connectivity index (χ1) is 15.3. The number of ether oxygens (including phenoxy) is 1. The molecule has 0 unspecified atom stereocenters. The van der Waals surface area contributed by atoms with Crippen molar-refractivity contribution in [2.45, 2.75) is 24.5 Å². The first-order valence-electron chi connectivity index (χ1n) is 10.6. The van der Waals surface area contributed by atoms with Crippen molar-refractivity contribution < 1.29 is 19.7 Å². The van der Waals surface area contributed by atoms with E-state index >= 15 is 0 Å². The Hall–Kier alpha value is -2.26. The third kappa shape index (κ3) is 3.85. The van der Waals surface area contributed by atoms with Crippen LogP contribution >= 0.6 is 15.9 Å². The summed E-state index contributed by atoms with van der Waals surface area (Å²) in [4.78, 5) is 16.3. The molecule has 8 heteroatoms. The number of fused-ring (bicyclic) bond motifs is 2. The van der Waals surface area contributed by atoms with Gasteiger partial charge >= 0.3 is 5.97 Å². The van der Waals surface area contributed by atoms with Crippen LogP contribution in [0.15, 0.2) is 47.3 Å². The molecule has 5 rings (SSSR count). The average Bonchev–Trinajstić information content (AvgIpc) is 3.11. The van der Waals surface area contributed by atoms with Gasteiger partial charge in [-0.15, -0.1) is 0 Å². The minimum Gasteiger partial charge on any atom is -0.478 e. The molecule has 1 aliphatic carbocycles. The number of piperidine rings is 1. The number of aliphatic hydroxyl groups is 1. The van der Waals surface area contributed by atoms with Gasteiger partial charge in [0.05, 0.1) is 5.56 Å². The lowest BCUT2D eigenvalue weighted by Gasteiger charge is -2.52. The fraction of sp³-hybridized carbons (Fsp3) is 0.417. The highest BCUT2D eigenvalue weighted by molar-refractivity contribution is 9.10. The quantitative estimate of drug-likeness (QED) is 0.571. The van der Waals surface area contributed by atoms with E-state index in [-0.39, 0.29) is 23.7 Å². The van der Waals surface area contributed by atoms with Gasteiger partial charge in [-0.25, -0.2) is 4.79 Å². The maximum atomic E-state index is 10.3. The highest BCUT2D eigenvalue weighted by Crippen LogP contribution is 2.49. The SMILES string of the molecule is CO[C@]12C[C@@H](CO)CN(C)[C@@H]1Cc1cn(C)c3cccc2c13.O=C(O)c1cncc(Br)c1. The zero-order valence-electron chi connectivity index (χ0n) is 18.5. The monoisotopic (exact) mass is 501 g/mol. The van der Waals surface area contributed by atoms with E-state index in [1.54, 1.807) is 0 Å². The van der Waals surface area contributed by atoms with Crippen molar-refractivity contribution in [2.75, 3.05) is 27.3 Å². The lowest BCUT2D eigenvalue weighted by atomic mass is 9.69. The molecule has 32 heavy (non-hydrogen) atoms. The van der Waals surface area contributed by atoms with E-state index in [2.05, 4.69) is 68.9 Å². The van der Waals surface area contributed by atoms with Crippen molar-refractivity contribution in [3.63, 3.8) is 0 Å². The summed E-state index contributed by atoms with van der Waals surface area (Å²) in [7, 11) is 6.10. The van der Waals surface area contributed by atoms with Gasteiger partial charge in [0.25, 0.3) is 0 Å². The largest absolute Gasteiger partial charge is 0.478 e. The molecular formula is C24H28BrN3O4. The normalized spacial score (nSPS) is 24.5. The highest BCUT2D eigenvalue weighted by atomic mass is 79.9. The van der Waals surface area contributed by atoms with E-state index in [1.807, 2.05) is 7.11 Å². The number of aryl methyl sites for hydroxylation is 1. The molecule has 0 bridgehead atoms. The maximum absolute atomic E-state index is 10.3. The molecule has 2 aromatic heterocycles. The molecule has 3 aromatic rings. The van der Waals surface area contributed by atoms with Crippen molar-refractivity contribution in [1.82, 2.24) is 14.5 Å². The van der Waals surface area contributed by atoms with Gasteiger partial charge in [0.1, 0.15) is 5.60 Å². The van der Waals surface area contributed by atoms with Crippen LogP contribution < -0.4 is 0 Å². The molecule has 1 saturated heterocycles. The summed E-state index contributed by atoms with van der Waals surface area (Å²) in [5, 5.41) is 19.5. The summed E-state index contributed by atoms with van der Waals surface area (Å²) in [5.74, 6) is -0.699. The number of hydrogen-bond donors (Lipinski definition) is 2. The lowest BCUT2D eigenvalue weighted by Crippen LogP contribution is -2.59. The number of carboxylic acids is 1. The van der Waals surface area contributed by atoms with Crippen LogP contribution in [0.5, 0.6) is 0 Å².